The number of amides is 1. The van der Waals surface area contributed by atoms with Gasteiger partial charge >= 0.3 is 0 Å². The fraction of sp³-hybridized carbons (Fsp3) is 0.0526. The van der Waals surface area contributed by atoms with Gasteiger partial charge in [0.25, 0.3) is 0 Å². The summed E-state index contributed by atoms with van der Waals surface area (Å²) in [4.78, 5) is 11.9. The molecule has 1 amide bonds. The third-order valence-electron chi connectivity index (χ3n) is 3.48. The lowest BCUT2D eigenvalue weighted by Gasteiger charge is -2.05. The zero-order chi connectivity index (χ0) is 19.2. The first-order valence-electron chi connectivity index (χ1n) is 7.86. The molecule has 2 aromatic heterocycles. The number of carbonyl (C=O) groups is 1. The van der Waals surface area contributed by atoms with E-state index in [1.54, 1.807) is 48.7 Å². The van der Waals surface area contributed by atoms with Crippen LogP contribution in [0.1, 0.15) is 11.5 Å². The Balaban J connectivity index is 1.56. The number of nitrogens with one attached hydrogen (secondary N) is 2. The smallest absolute Gasteiger partial charge is 0.250 e. The molecule has 3 rings (SSSR count). The average molecular weight is 421 g/mol. The summed E-state index contributed by atoms with van der Waals surface area (Å²) in [5, 5.41) is 6.47. The quantitative estimate of drug-likeness (QED) is 0.446. The monoisotopic (exact) mass is 420 g/mol. The normalized spacial score (nSPS) is 10.9. The number of hydrogen-bond donors (Lipinski definition) is 2. The summed E-state index contributed by atoms with van der Waals surface area (Å²) in [6.45, 7) is 0.387. The van der Waals surface area contributed by atoms with Crippen molar-refractivity contribution in [1.82, 2.24) is 10.6 Å². The Morgan fingerprint density at radius 2 is 2.00 bits per heavy atom. The molecule has 0 aliphatic rings. The third kappa shape index (κ3) is 5.23. The van der Waals surface area contributed by atoms with E-state index >= 15 is 0 Å². The van der Waals surface area contributed by atoms with Crippen LogP contribution < -0.4 is 10.6 Å². The Labute approximate surface area is 170 Å². The number of furan rings is 2. The number of hydrogen-bond acceptors (Lipinski definition) is 4. The highest BCUT2D eigenvalue weighted by molar-refractivity contribution is 7.80. The molecule has 138 valence electrons. The molecule has 2 heterocycles. The number of carbonyl (C=O) groups excluding carboxylic acids is 1. The predicted molar refractivity (Wildman–Crippen MR) is 109 cm³/mol. The van der Waals surface area contributed by atoms with Gasteiger partial charge in [0.2, 0.25) is 5.91 Å². The van der Waals surface area contributed by atoms with Gasteiger partial charge in [0, 0.05) is 11.6 Å². The van der Waals surface area contributed by atoms with E-state index in [0.717, 1.165) is 0 Å². The lowest BCUT2D eigenvalue weighted by molar-refractivity contribution is -0.115. The van der Waals surface area contributed by atoms with E-state index < -0.39 is 0 Å². The van der Waals surface area contributed by atoms with Gasteiger partial charge in [-0.05, 0) is 54.7 Å². The van der Waals surface area contributed by atoms with E-state index in [0.29, 0.717) is 39.4 Å². The molecule has 0 saturated heterocycles. The van der Waals surface area contributed by atoms with Crippen LogP contribution in [0.2, 0.25) is 10.0 Å². The first kappa shape index (κ1) is 19.2. The highest BCUT2D eigenvalue weighted by atomic mass is 35.5. The highest BCUT2D eigenvalue weighted by Gasteiger charge is 2.10. The number of thiocarbonyl (C=S) groups is 1. The topological polar surface area (TPSA) is 67.4 Å². The minimum Gasteiger partial charge on any atom is -0.467 e. The van der Waals surface area contributed by atoms with Gasteiger partial charge in [0.05, 0.1) is 22.9 Å². The number of benzene rings is 1. The minimum atomic E-state index is -0.384. The molecule has 0 saturated carbocycles. The molecular formula is C19H14Cl2N2O3S. The first-order valence-corrected chi connectivity index (χ1v) is 9.03. The van der Waals surface area contributed by atoms with Crippen molar-refractivity contribution < 1.29 is 13.6 Å². The molecule has 1 aromatic carbocycles. The van der Waals surface area contributed by atoms with Crippen molar-refractivity contribution in [2.24, 2.45) is 0 Å². The summed E-state index contributed by atoms with van der Waals surface area (Å²) in [7, 11) is 0. The van der Waals surface area contributed by atoms with E-state index in [1.807, 2.05) is 0 Å². The second kappa shape index (κ2) is 8.90. The summed E-state index contributed by atoms with van der Waals surface area (Å²) < 4.78 is 10.9. The molecule has 0 atom stereocenters. The summed E-state index contributed by atoms with van der Waals surface area (Å²) in [6.07, 6.45) is 4.42. The Kier molecular flexibility index (Phi) is 6.34. The first-order chi connectivity index (χ1) is 13.0. The highest BCUT2D eigenvalue weighted by Crippen LogP contribution is 2.34. The SMILES string of the molecule is O=C(C=Cc1ccc(-c2cccc(Cl)c2Cl)o1)NC(=S)NCc1ccco1. The molecular weight excluding hydrogens is 407 g/mol. The van der Waals surface area contributed by atoms with Crippen LogP contribution in [0, 0.1) is 0 Å². The van der Waals surface area contributed by atoms with Crippen molar-refractivity contribution >= 4 is 52.5 Å². The van der Waals surface area contributed by atoms with Gasteiger partial charge in [0.15, 0.2) is 5.11 Å². The standard InChI is InChI=1S/C19H14Cl2N2O3S/c20-15-5-1-4-14(18(15)21)16-8-6-12(26-16)7-9-17(24)23-19(27)22-11-13-3-2-10-25-13/h1-10H,11H2,(H2,22,23,24,27). The van der Waals surface area contributed by atoms with Gasteiger partial charge in [-0.3, -0.25) is 10.1 Å². The summed E-state index contributed by atoms with van der Waals surface area (Å²) in [6, 6.07) is 12.3. The summed E-state index contributed by atoms with van der Waals surface area (Å²) in [5.41, 5.74) is 0.677. The van der Waals surface area contributed by atoms with Crippen LogP contribution in [0.5, 0.6) is 0 Å². The van der Waals surface area contributed by atoms with Crippen molar-refractivity contribution in [3.8, 4) is 11.3 Å². The molecule has 0 radical (unpaired) electrons. The fourth-order valence-corrected chi connectivity index (χ4v) is 2.78. The molecule has 5 nitrogen and oxygen atoms in total. The van der Waals surface area contributed by atoms with Crippen LogP contribution in [0.3, 0.4) is 0 Å². The molecule has 0 aliphatic carbocycles. The largest absolute Gasteiger partial charge is 0.467 e. The molecule has 0 bridgehead atoms. The van der Waals surface area contributed by atoms with Crippen molar-refractivity contribution in [2.75, 3.05) is 0 Å². The minimum absolute atomic E-state index is 0.201. The predicted octanol–water partition coefficient (Wildman–Crippen LogP) is 5.05. The third-order valence-corrected chi connectivity index (χ3v) is 4.55. The van der Waals surface area contributed by atoms with E-state index in [4.69, 9.17) is 44.3 Å². The van der Waals surface area contributed by atoms with Crippen molar-refractivity contribution in [3.05, 3.63) is 76.4 Å². The molecule has 2 N–H and O–H groups in total. The summed E-state index contributed by atoms with van der Waals surface area (Å²) in [5.74, 6) is 1.37. The lowest BCUT2D eigenvalue weighted by atomic mass is 10.2. The average Bonchev–Trinajstić information content (AvgIpc) is 3.32. The Morgan fingerprint density at radius 3 is 2.78 bits per heavy atom. The molecule has 0 aliphatic heterocycles. The van der Waals surface area contributed by atoms with Gasteiger partial charge in [-0.15, -0.1) is 0 Å². The van der Waals surface area contributed by atoms with Crippen molar-refractivity contribution in [1.29, 1.82) is 0 Å². The number of rotatable bonds is 5. The van der Waals surface area contributed by atoms with E-state index in [9.17, 15) is 4.79 Å². The maximum atomic E-state index is 11.9. The second-order valence-corrected chi connectivity index (χ2v) is 6.58. The van der Waals surface area contributed by atoms with Crippen molar-refractivity contribution in [3.63, 3.8) is 0 Å². The Bertz CT molecular complexity index is 981. The van der Waals surface area contributed by atoms with Crippen LogP contribution in [0.15, 0.2) is 63.6 Å². The van der Waals surface area contributed by atoms with E-state index in [-0.39, 0.29) is 11.0 Å². The Morgan fingerprint density at radius 1 is 1.15 bits per heavy atom. The molecule has 0 unspecified atom stereocenters. The van der Waals surface area contributed by atoms with Crippen LogP contribution >= 0.6 is 35.4 Å². The molecule has 0 spiro atoms. The maximum absolute atomic E-state index is 11.9. The van der Waals surface area contributed by atoms with Crippen LogP contribution in [-0.4, -0.2) is 11.0 Å². The lowest BCUT2D eigenvalue weighted by Crippen LogP contribution is -2.37. The Hall–Kier alpha value is -2.54. The van der Waals surface area contributed by atoms with Gasteiger partial charge in [-0.2, -0.15) is 0 Å². The maximum Gasteiger partial charge on any atom is 0.250 e. The fourth-order valence-electron chi connectivity index (χ4n) is 2.22. The molecule has 8 heteroatoms. The van der Waals surface area contributed by atoms with Crippen LogP contribution in [0.4, 0.5) is 0 Å². The van der Waals surface area contributed by atoms with E-state index in [1.165, 1.54) is 12.2 Å². The van der Waals surface area contributed by atoms with Gasteiger partial charge in [-0.25, -0.2) is 0 Å². The van der Waals surface area contributed by atoms with Gasteiger partial charge < -0.3 is 14.2 Å². The summed E-state index contributed by atoms with van der Waals surface area (Å²) >= 11 is 17.3. The molecule has 27 heavy (non-hydrogen) atoms. The van der Waals surface area contributed by atoms with Gasteiger partial charge in [-0.1, -0.05) is 29.3 Å². The molecule has 3 aromatic rings. The van der Waals surface area contributed by atoms with Crippen molar-refractivity contribution in [2.45, 2.75) is 6.54 Å². The van der Waals surface area contributed by atoms with Crippen LogP contribution in [0.25, 0.3) is 17.4 Å². The zero-order valence-electron chi connectivity index (χ0n) is 13.9. The van der Waals surface area contributed by atoms with Crippen LogP contribution in [-0.2, 0) is 11.3 Å². The zero-order valence-corrected chi connectivity index (χ0v) is 16.2. The second-order valence-electron chi connectivity index (χ2n) is 5.39. The molecule has 0 fully saturated rings. The van der Waals surface area contributed by atoms with Gasteiger partial charge in [0.1, 0.15) is 17.3 Å². The van der Waals surface area contributed by atoms with E-state index in [2.05, 4.69) is 10.6 Å². The number of halogens is 2.